The van der Waals surface area contributed by atoms with Gasteiger partial charge in [-0.1, -0.05) is 36.9 Å². The van der Waals surface area contributed by atoms with Gasteiger partial charge < -0.3 is 10.6 Å². The van der Waals surface area contributed by atoms with Crippen molar-refractivity contribution in [2.45, 2.75) is 49.2 Å². The second kappa shape index (κ2) is 7.77. The molecule has 3 N–H and O–H groups in total. The Labute approximate surface area is 138 Å². The summed E-state index contributed by atoms with van der Waals surface area (Å²) in [5, 5.41) is 16.7. The van der Waals surface area contributed by atoms with Crippen LogP contribution in [0.4, 0.5) is 9.93 Å². The molecule has 0 spiro atoms. The predicted octanol–water partition coefficient (Wildman–Crippen LogP) is 2.07. The molecule has 0 bridgehead atoms. The summed E-state index contributed by atoms with van der Waals surface area (Å²) in [4.78, 5) is 23.5. The number of nitrogens with one attached hydrogen (secondary N) is 3. The summed E-state index contributed by atoms with van der Waals surface area (Å²) in [7, 11) is 0. The molecule has 9 heteroatoms. The van der Waals surface area contributed by atoms with E-state index in [4.69, 9.17) is 0 Å². The zero-order chi connectivity index (χ0) is 16.1. The summed E-state index contributed by atoms with van der Waals surface area (Å²) in [5.74, 6) is 0.00425. The number of carbonyl (C=O) groups is 2. The predicted molar refractivity (Wildman–Crippen MR) is 88.3 cm³/mol. The first-order valence-corrected chi connectivity index (χ1v) is 8.99. The first kappa shape index (κ1) is 17.0. The Kier molecular flexibility index (Phi) is 6.01. The maximum Gasteiger partial charge on any atom is 0.321 e. The number of hydrogen-bond acceptors (Lipinski definition) is 7. The second-order valence-corrected chi connectivity index (χ2v) is 8.21. The number of thioether (sulfide) groups is 1. The van der Waals surface area contributed by atoms with Gasteiger partial charge in [0.25, 0.3) is 0 Å². The molecule has 2 rings (SSSR count). The van der Waals surface area contributed by atoms with Crippen LogP contribution in [-0.2, 0) is 4.79 Å². The van der Waals surface area contributed by atoms with Crippen molar-refractivity contribution < 1.29 is 9.59 Å². The van der Waals surface area contributed by atoms with Gasteiger partial charge in [-0.25, -0.2) is 4.79 Å². The van der Waals surface area contributed by atoms with E-state index in [1.54, 1.807) is 6.92 Å². The molecule has 0 unspecified atom stereocenters. The largest absolute Gasteiger partial charge is 0.357 e. The molecule has 1 aliphatic carbocycles. The highest BCUT2D eigenvalue weighted by atomic mass is 32.2. The molecule has 1 fully saturated rings. The summed E-state index contributed by atoms with van der Waals surface area (Å²) in [5.41, 5.74) is 0. The van der Waals surface area contributed by atoms with Gasteiger partial charge in [0.2, 0.25) is 11.0 Å². The molecule has 3 amide bonds. The molecule has 1 saturated carbocycles. The minimum atomic E-state index is -0.459. The van der Waals surface area contributed by atoms with Crippen molar-refractivity contribution in [3.05, 3.63) is 0 Å². The highest BCUT2D eigenvalue weighted by molar-refractivity contribution is 8.02. The maximum absolute atomic E-state index is 11.9. The van der Waals surface area contributed by atoms with E-state index < -0.39 is 11.3 Å². The van der Waals surface area contributed by atoms with Crippen LogP contribution in [0.15, 0.2) is 4.34 Å². The van der Waals surface area contributed by atoms with Crippen LogP contribution < -0.4 is 16.0 Å². The molecular weight excluding hydrogens is 322 g/mol. The maximum atomic E-state index is 11.9. The number of hydrogen-bond donors (Lipinski definition) is 3. The molecule has 0 radical (unpaired) electrons. The van der Waals surface area contributed by atoms with Gasteiger partial charge >= 0.3 is 6.03 Å². The third-order valence-corrected chi connectivity index (χ3v) is 4.90. The van der Waals surface area contributed by atoms with Gasteiger partial charge in [0.05, 0.1) is 5.25 Å². The van der Waals surface area contributed by atoms with Crippen molar-refractivity contribution in [1.82, 2.24) is 20.8 Å². The first-order valence-electron chi connectivity index (χ1n) is 7.29. The minimum absolute atomic E-state index is 0.335. The fourth-order valence-electron chi connectivity index (χ4n) is 1.48. The van der Waals surface area contributed by atoms with Gasteiger partial charge in [-0.2, -0.15) is 0 Å². The summed E-state index contributed by atoms with van der Waals surface area (Å²) in [6.45, 7) is 6.25. The van der Waals surface area contributed by atoms with Crippen LogP contribution in [0.2, 0.25) is 0 Å². The zero-order valence-corrected chi connectivity index (χ0v) is 14.5. The van der Waals surface area contributed by atoms with Gasteiger partial charge in [0, 0.05) is 12.6 Å². The van der Waals surface area contributed by atoms with Crippen molar-refractivity contribution >= 4 is 40.2 Å². The molecule has 1 aromatic heterocycles. The number of amides is 3. The SMILES string of the molecule is CC(C)CNC(=O)NC(=O)[C@@H](C)Sc1nnc(NC2CC2)s1. The van der Waals surface area contributed by atoms with E-state index in [1.165, 1.54) is 35.9 Å². The molecule has 7 nitrogen and oxygen atoms in total. The highest BCUT2D eigenvalue weighted by Crippen LogP contribution is 2.31. The quantitative estimate of drug-likeness (QED) is 0.656. The van der Waals surface area contributed by atoms with Gasteiger partial charge in [-0.15, -0.1) is 10.2 Å². The van der Waals surface area contributed by atoms with Crippen molar-refractivity contribution in [2.24, 2.45) is 5.92 Å². The highest BCUT2D eigenvalue weighted by Gasteiger charge is 2.23. The number of rotatable bonds is 7. The van der Waals surface area contributed by atoms with Crippen molar-refractivity contribution in [2.75, 3.05) is 11.9 Å². The van der Waals surface area contributed by atoms with E-state index in [2.05, 4.69) is 26.1 Å². The molecule has 0 saturated heterocycles. The van der Waals surface area contributed by atoms with E-state index in [1.807, 2.05) is 13.8 Å². The van der Waals surface area contributed by atoms with Gasteiger partial charge in [0.15, 0.2) is 4.34 Å². The lowest BCUT2D eigenvalue weighted by Gasteiger charge is -2.11. The normalized spacial score (nSPS) is 15.5. The summed E-state index contributed by atoms with van der Waals surface area (Å²) in [6, 6.07) is 0.0654. The van der Waals surface area contributed by atoms with Crippen molar-refractivity contribution in [3.63, 3.8) is 0 Å². The Morgan fingerprint density at radius 3 is 2.68 bits per heavy atom. The smallest absolute Gasteiger partial charge is 0.321 e. The van der Waals surface area contributed by atoms with Crippen molar-refractivity contribution in [3.8, 4) is 0 Å². The number of imide groups is 1. The molecule has 0 aromatic carbocycles. The summed E-state index contributed by atoms with van der Waals surface area (Å²) in [6.07, 6.45) is 2.35. The topological polar surface area (TPSA) is 96.0 Å². The van der Waals surface area contributed by atoms with E-state index in [9.17, 15) is 9.59 Å². The van der Waals surface area contributed by atoms with Crippen LogP contribution in [0, 0.1) is 5.92 Å². The van der Waals surface area contributed by atoms with Crippen molar-refractivity contribution in [1.29, 1.82) is 0 Å². The van der Waals surface area contributed by atoms with Crippen LogP contribution in [0.5, 0.6) is 0 Å². The Bertz CT molecular complexity index is 530. The van der Waals surface area contributed by atoms with Crippen LogP contribution in [0.3, 0.4) is 0 Å². The lowest BCUT2D eigenvalue weighted by Crippen LogP contribution is -2.43. The van der Waals surface area contributed by atoms with E-state index in [0.717, 1.165) is 5.13 Å². The molecule has 22 heavy (non-hydrogen) atoms. The van der Waals surface area contributed by atoms with Crippen LogP contribution in [0.1, 0.15) is 33.6 Å². The van der Waals surface area contributed by atoms with Crippen LogP contribution in [0.25, 0.3) is 0 Å². The van der Waals surface area contributed by atoms with Crippen LogP contribution in [-0.4, -0.2) is 40.0 Å². The summed E-state index contributed by atoms with van der Waals surface area (Å²) >= 11 is 2.73. The third kappa shape index (κ3) is 5.80. The number of aromatic nitrogens is 2. The van der Waals surface area contributed by atoms with Gasteiger partial charge in [-0.05, 0) is 25.7 Å². The van der Waals surface area contributed by atoms with E-state index in [-0.39, 0.29) is 5.91 Å². The van der Waals surface area contributed by atoms with Gasteiger partial charge in [0.1, 0.15) is 0 Å². The lowest BCUT2D eigenvalue weighted by atomic mass is 10.2. The second-order valence-electron chi connectivity index (χ2n) is 5.64. The number of carbonyl (C=O) groups excluding carboxylic acids is 2. The Morgan fingerprint density at radius 1 is 1.32 bits per heavy atom. The standard InChI is InChI=1S/C13H21N5O2S2/c1-7(2)6-14-11(20)16-10(19)8(3)21-13-18-17-12(22-13)15-9-4-5-9/h7-9H,4-6H2,1-3H3,(H,15,17)(H2,14,16,19,20)/t8-/m1/s1. The Balaban J connectivity index is 1.75. The number of nitrogens with zero attached hydrogens (tertiary/aromatic N) is 2. The first-order chi connectivity index (χ1) is 10.4. The average Bonchev–Trinajstić information content (AvgIpc) is 3.15. The van der Waals surface area contributed by atoms with Crippen LogP contribution >= 0.6 is 23.1 Å². The van der Waals surface area contributed by atoms with E-state index in [0.29, 0.717) is 22.8 Å². The fraction of sp³-hybridized carbons (Fsp3) is 0.692. The summed E-state index contributed by atoms with van der Waals surface area (Å²) < 4.78 is 0.716. The lowest BCUT2D eigenvalue weighted by molar-refractivity contribution is -0.119. The third-order valence-electron chi connectivity index (χ3n) is 2.87. The number of urea groups is 1. The molecule has 1 atom stereocenters. The molecule has 0 aliphatic heterocycles. The number of anilines is 1. The van der Waals surface area contributed by atoms with E-state index >= 15 is 0 Å². The Hall–Kier alpha value is -1.35. The molecular formula is C13H21N5O2S2. The zero-order valence-electron chi connectivity index (χ0n) is 12.9. The Morgan fingerprint density at radius 2 is 2.05 bits per heavy atom. The molecule has 1 heterocycles. The monoisotopic (exact) mass is 343 g/mol. The average molecular weight is 343 g/mol. The van der Waals surface area contributed by atoms with Gasteiger partial charge in [-0.3, -0.25) is 10.1 Å². The fourth-order valence-corrected chi connectivity index (χ4v) is 3.45. The minimum Gasteiger partial charge on any atom is -0.357 e. The molecule has 1 aromatic rings. The molecule has 122 valence electrons. The molecule has 1 aliphatic rings.